The van der Waals surface area contributed by atoms with Gasteiger partial charge < -0.3 is 4.74 Å². The Bertz CT molecular complexity index is 453. The minimum Gasteiger partial charge on any atom is -0.371 e. The number of nitrogens with zero attached hydrogens (tertiary/aromatic N) is 2. The van der Waals surface area contributed by atoms with Gasteiger partial charge in [0.05, 0.1) is 24.3 Å². The first-order valence-corrected chi connectivity index (χ1v) is 6.95. The Balaban J connectivity index is 1.71. The second-order valence-electron chi connectivity index (χ2n) is 4.50. The van der Waals surface area contributed by atoms with Crippen molar-refractivity contribution in [3.8, 4) is 6.07 Å². The molecule has 0 aromatic heterocycles. The van der Waals surface area contributed by atoms with Crippen molar-refractivity contribution in [2.24, 2.45) is 0 Å². The Hall–Kier alpha value is -1.02. The maximum Gasteiger partial charge on any atom is 0.0991 e. The van der Waals surface area contributed by atoms with E-state index in [2.05, 4.69) is 17.0 Å². The van der Waals surface area contributed by atoms with Crippen LogP contribution in [0.3, 0.4) is 0 Å². The van der Waals surface area contributed by atoms with E-state index in [9.17, 15) is 0 Å². The zero-order chi connectivity index (χ0) is 11.7. The van der Waals surface area contributed by atoms with E-state index in [-0.39, 0.29) is 0 Å². The van der Waals surface area contributed by atoms with Crippen molar-refractivity contribution >= 4 is 11.8 Å². The molecule has 1 aromatic rings. The Morgan fingerprint density at radius 3 is 3.18 bits per heavy atom. The van der Waals surface area contributed by atoms with Gasteiger partial charge >= 0.3 is 0 Å². The van der Waals surface area contributed by atoms with E-state index in [1.54, 1.807) is 0 Å². The Labute approximate surface area is 105 Å². The molecule has 4 heteroatoms. The molecule has 0 aliphatic carbocycles. The molecule has 0 N–H and O–H groups in total. The minimum absolute atomic E-state index is 0.448. The van der Waals surface area contributed by atoms with Crippen molar-refractivity contribution in [1.82, 2.24) is 4.90 Å². The smallest absolute Gasteiger partial charge is 0.0991 e. The predicted molar refractivity (Wildman–Crippen MR) is 67.6 cm³/mol. The lowest BCUT2D eigenvalue weighted by molar-refractivity contribution is 0.210. The Morgan fingerprint density at radius 2 is 2.41 bits per heavy atom. The highest BCUT2D eigenvalue weighted by Crippen LogP contribution is 2.31. The SMILES string of the molecule is N#Cc1cccc(CN2CSC[C@@H]2C2CO2)c1. The van der Waals surface area contributed by atoms with Crippen molar-refractivity contribution in [1.29, 1.82) is 5.26 Å². The van der Waals surface area contributed by atoms with Crippen LogP contribution in [0.15, 0.2) is 24.3 Å². The number of hydrogen-bond donors (Lipinski definition) is 0. The molecule has 3 rings (SSSR count). The first-order valence-electron chi connectivity index (χ1n) is 5.79. The zero-order valence-corrected chi connectivity index (χ0v) is 10.3. The quantitative estimate of drug-likeness (QED) is 0.763. The second-order valence-corrected chi connectivity index (χ2v) is 5.50. The van der Waals surface area contributed by atoms with Crippen molar-refractivity contribution in [2.75, 3.05) is 18.2 Å². The molecule has 2 atom stereocenters. The van der Waals surface area contributed by atoms with Crippen LogP contribution in [-0.4, -0.2) is 35.3 Å². The van der Waals surface area contributed by atoms with E-state index in [1.165, 1.54) is 11.3 Å². The standard InChI is InChI=1S/C13H14N2OS/c14-5-10-2-1-3-11(4-10)6-15-9-17-8-12(15)13-7-16-13/h1-4,12-13H,6-9H2/t12-,13?/m1/s1. The number of rotatable bonds is 3. The van der Waals surface area contributed by atoms with Gasteiger partial charge in [0.15, 0.2) is 0 Å². The molecule has 1 aromatic carbocycles. The molecule has 2 aliphatic rings. The molecule has 2 heterocycles. The maximum atomic E-state index is 8.89. The van der Waals surface area contributed by atoms with Gasteiger partial charge in [-0.1, -0.05) is 12.1 Å². The van der Waals surface area contributed by atoms with Crippen LogP contribution in [0.1, 0.15) is 11.1 Å². The molecule has 0 bridgehead atoms. The topological polar surface area (TPSA) is 39.6 Å². The first-order chi connectivity index (χ1) is 8.36. The molecular formula is C13H14N2OS. The van der Waals surface area contributed by atoms with Crippen molar-refractivity contribution in [2.45, 2.75) is 18.7 Å². The van der Waals surface area contributed by atoms with E-state index >= 15 is 0 Å². The number of ether oxygens (including phenoxy) is 1. The summed E-state index contributed by atoms with van der Waals surface area (Å²) >= 11 is 1.97. The number of hydrogen-bond acceptors (Lipinski definition) is 4. The summed E-state index contributed by atoms with van der Waals surface area (Å²) in [6.45, 7) is 1.84. The normalized spacial score (nSPS) is 27.9. The van der Waals surface area contributed by atoms with Crippen LogP contribution in [-0.2, 0) is 11.3 Å². The summed E-state index contributed by atoms with van der Waals surface area (Å²) in [6.07, 6.45) is 0.448. The van der Waals surface area contributed by atoms with Gasteiger partial charge in [0.2, 0.25) is 0 Å². The average molecular weight is 246 g/mol. The summed E-state index contributed by atoms with van der Waals surface area (Å²) in [5, 5.41) is 8.89. The molecule has 3 nitrogen and oxygen atoms in total. The largest absolute Gasteiger partial charge is 0.371 e. The summed E-state index contributed by atoms with van der Waals surface area (Å²) in [4.78, 5) is 2.46. The molecule has 2 aliphatic heterocycles. The van der Waals surface area contributed by atoms with Gasteiger partial charge in [0.1, 0.15) is 0 Å². The van der Waals surface area contributed by atoms with Crippen molar-refractivity contribution in [3.05, 3.63) is 35.4 Å². The van der Waals surface area contributed by atoms with Crippen LogP contribution in [0.4, 0.5) is 0 Å². The van der Waals surface area contributed by atoms with Gasteiger partial charge in [-0.05, 0) is 17.7 Å². The van der Waals surface area contributed by atoms with Gasteiger partial charge in [0, 0.05) is 24.2 Å². The van der Waals surface area contributed by atoms with Crippen LogP contribution in [0, 0.1) is 11.3 Å². The summed E-state index contributed by atoms with van der Waals surface area (Å²) in [7, 11) is 0. The zero-order valence-electron chi connectivity index (χ0n) is 9.50. The predicted octanol–water partition coefficient (Wildman–Crippen LogP) is 1.83. The van der Waals surface area contributed by atoms with Crippen LogP contribution >= 0.6 is 11.8 Å². The molecule has 17 heavy (non-hydrogen) atoms. The van der Waals surface area contributed by atoms with Gasteiger partial charge in [-0.2, -0.15) is 5.26 Å². The highest BCUT2D eigenvalue weighted by atomic mass is 32.2. The number of thioether (sulfide) groups is 1. The summed E-state index contributed by atoms with van der Waals surface area (Å²) in [6, 6.07) is 10.6. The van der Waals surface area contributed by atoms with Crippen LogP contribution < -0.4 is 0 Å². The minimum atomic E-state index is 0.448. The number of benzene rings is 1. The molecule has 2 saturated heterocycles. The lowest BCUT2D eigenvalue weighted by atomic mass is 10.1. The maximum absolute atomic E-state index is 8.89. The monoisotopic (exact) mass is 246 g/mol. The summed E-state index contributed by atoms with van der Waals surface area (Å²) < 4.78 is 5.40. The molecule has 88 valence electrons. The lowest BCUT2D eigenvalue weighted by Crippen LogP contribution is -2.34. The molecule has 0 radical (unpaired) electrons. The van der Waals surface area contributed by atoms with Gasteiger partial charge in [-0.25, -0.2) is 0 Å². The second kappa shape index (κ2) is 4.69. The molecule has 1 unspecified atom stereocenters. The molecule has 2 fully saturated rings. The summed E-state index contributed by atoms with van der Waals surface area (Å²) in [5.41, 5.74) is 1.96. The van der Waals surface area contributed by atoms with Gasteiger partial charge in [0.25, 0.3) is 0 Å². The van der Waals surface area contributed by atoms with Crippen LogP contribution in [0.25, 0.3) is 0 Å². The highest BCUT2D eigenvalue weighted by molar-refractivity contribution is 7.99. The van der Waals surface area contributed by atoms with Crippen LogP contribution in [0.2, 0.25) is 0 Å². The van der Waals surface area contributed by atoms with E-state index in [0.717, 1.165) is 24.6 Å². The third-order valence-corrected chi connectivity index (χ3v) is 4.34. The molecular weight excluding hydrogens is 232 g/mol. The molecule has 0 spiro atoms. The van der Waals surface area contributed by atoms with Crippen molar-refractivity contribution in [3.63, 3.8) is 0 Å². The van der Waals surface area contributed by atoms with E-state index < -0.39 is 0 Å². The van der Waals surface area contributed by atoms with Gasteiger partial charge in [-0.15, -0.1) is 11.8 Å². The highest BCUT2D eigenvalue weighted by Gasteiger charge is 2.39. The fourth-order valence-electron chi connectivity index (χ4n) is 2.25. The Kier molecular flexibility index (Phi) is 3.06. The first kappa shape index (κ1) is 11.1. The van der Waals surface area contributed by atoms with Crippen molar-refractivity contribution < 1.29 is 4.74 Å². The fraction of sp³-hybridized carbons (Fsp3) is 0.462. The van der Waals surface area contributed by atoms with Crippen LogP contribution in [0.5, 0.6) is 0 Å². The number of nitriles is 1. The molecule has 0 saturated carbocycles. The summed E-state index contributed by atoms with van der Waals surface area (Å²) in [5.74, 6) is 2.24. The van der Waals surface area contributed by atoms with E-state index in [0.29, 0.717) is 12.1 Å². The van der Waals surface area contributed by atoms with E-state index in [1.807, 2.05) is 30.0 Å². The van der Waals surface area contributed by atoms with E-state index in [4.69, 9.17) is 10.00 Å². The molecule has 0 amide bonds. The average Bonchev–Trinajstić information content (AvgIpc) is 3.11. The Morgan fingerprint density at radius 1 is 1.53 bits per heavy atom. The third kappa shape index (κ3) is 2.47. The number of epoxide rings is 1. The lowest BCUT2D eigenvalue weighted by Gasteiger charge is -2.21. The fourth-order valence-corrected chi connectivity index (χ4v) is 3.54. The third-order valence-electron chi connectivity index (χ3n) is 3.24. The van der Waals surface area contributed by atoms with Gasteiger partial charge in [-0.3, -0.25) is 4.90 Å².